The molecule has 32 heavy (non-hydrogen) atoms. The van der Waals surface area contributed by atoms with E-state index in [-0.39, 0.29) is 5.75 Å². The lowest BCUT2D eigenvalue weighted by molar-refractivity contribution is 0.148. The predicted molar refractivity (Wildman–Crippen MR) is 128 cm³/mol. The second-order valence-electron chi connectivity index (χ2n) is 8.38. The van der Waals surface area contributed by atoms with E-state index in [0.717, 1.165) is 61.4 Å². The predicted octanol–water partition coefficient (Wildman–Crippen LogP) is 3.49. The van der Waals surface area contributed by atoms with E-state index >= 15 is 0 Å². The number of aromatic amines is 2. The molecule has 0 saturated carbocycles. The van der Waals surface area contributed by atoms with Crippen LogP contribution in [0.1, 0.15) is 18.2 Å². The summed E-state index contributed by atoms with van der Waals surface area (Å²) < 4.78 is 2.34. The molecule has 8 nitrogen and oxygen atoms in total. The van der Waals surface area contributed by atoms with Crippen LogP contribution in [0, 0.1) is 4.77 Å². The molecule has 3 N–H and O–H groups in total. The van der Waals surface area contributed by atoms with Crippen molar-refractivity contribution >= 4 is 23.1 Å². The van der Waals surface area contributed by atoms with E-state index in [0.29, 0.717) is 16.2 Å². The first kappa shape index (κ1) is 20.9. The first-order valence-corrected chi connectivity index (χ1v) is 11.3. The first-order chi connectivity index (χ1) is 15.5. The molecule has 1 fully saturated rings. The molecule has 5 rings (SSSR count). The summed E-state index contributed by atoms with van der Waals surface area (Å²) in [5, 5.41) is 26.3. The van der Waals surface area contributed by atoms with Crippen molar-refractivity contribution in [1.82, 2.24) is 34.8 Å². The smallest absolute Gasteiger partial charge is 0.200 e. The SMILES string of the molecule is CCc1[nH]nc2cc(O)c(-c3n[nH]c(=S)n3-c3ccc(CN4CCN(C)CC4)cc3)cc12. The fraction of sp³-hybridized carbons (Fsp3) is 0.348. The number of hydrogen-bond donors (Lipinski definition) is 3. The van der Waals surface area contributed by atoms with E-state index < -0.39 is 0 Å². The molecular weight excluding hydrogens is 422 g/mol. The molecule has 2 aromatic carbocycles. The van der Waals surface area contributed by atoms with Crippen LogP contribution < -0.4 is 0 Å². The van der Waals surface area contributed by atoms with Crippen LogP contribution in [-0.2, 0) is 13.0 Å². The van der Waals surface area contributed by atoms with Crippen molar-refractivity contribution in [3.8, 4) is 22.8 Å². The highest BCUT2D eigenvalue weighted by molar-refractivity contribution is 7.71. The van der Waals surface area contributed by atoms with Crippen LogP contribution in [0.4, 0.5) is 0 Å². The van der Waals surface area contributed by atoms with Crippen molar-refractivity contribution < 1.29 is 5.11 Å². The highest BCUT2D eigenvalue weighted by Crippen LogP contribution is 2.34. The maximum Gasteiger partial charge on any atom is 0.200 e. The van der Waals surface area contributed by atoms with Gasteiger partial charge in [0.2, 0.25) is 0 Å². The van der Waals surface area contributed by atoms with E-state index in [1.54, 1.807) is 6.07 Å². The standard InChI is InChI=1S/C23H27N7OS/c1-3-19-17-12-18(21(31)13-20(17)25-24-19)22-26-27-23(32)30(22)16-6-4-15(5-7-16)14-29-10-8-28(2)9-11-29/h4-7,12-13,31H,3,8-11,14H2,1-2H3,(H,24,25)(H,27,32). The van der Waals surface area contributed by atoms with Crippen molar-refractivity contribution in [3.05, 3.63) is 52.4 Å². The van der Waals surface area contributed by atoms with Crippen LogP contribution in [0.25, 0.3) is 28.0 Å². The molecule has 3 heterocycles. The zero-order valence-electron chi connectivity index (χ0n) is 18.3. The zero-order valence-corrected chi connectivity index (χ0v) is 19.1. The second kappa shape index (κ2) is 8.50. The Labute approximate surface area is 191 Å². The molecule has 9 heteroatoms. The Kier molecular flexibility index (Phi) is 5.54. The number of rotatable bonds is 5. The lowest BCUT2D eigenvalue weighted by Crippen LogP contribution is -2.43. The lowest BCUT2D eigenvalue weighted by Gasteiger charge is -2.32. The van der Waals surface area contributed by atoms with Crippen molar-refractivity contribution in [2.24, 2.45) is 0 Å². The van der Waals surface area contributed by atoms with E-state index in [9.17, 15) is 5.11 Å². The van der Waals surface area contributed by atoms with Gasteiger partial charge in [-0.1, -0.05) is 19.1 Å². The number of nitrogens with zero attached hydrogens (tertiary/aromatic N) is 5. The number of aryl methyl sites for hydroxylation is 1. The van der Waals surface area contributed by atoms with Crippen molar-refractivity contribution in [2.45, 2.75) is 19.9 Å². The van der Waals surface area contributed by atoms with Crippen LogP contribution in [0.5, 0.6) is 5.75 Å². The monoisotopic (exact) mass is 449 g/mol. The molecule has 4 aromatic rings. The van der Waals surface area contributed by atoms with Gasteiger partial charge in [0, 0.05) is 55.6 Å². The minimum Gasteiger partial charge on any atom is -0.507 e. The average molecular weight is 450 g/mol. The molecule has 1 saturated heterocycles. The fourth-order valence-corrected chi connectivity index (χ4v) is 4.52. The van der Waals surface area contributed by atoms with Crippen molar-refractivity contribution in [3.63, 3.8) is 0 Å². The van der Waals surface area contributed by atoms with E-state index in [2.05, 4.69) is 68.4 Å². The number of hydrogen-bond acceptors (Lipinski definition) is 6. The minimum absolute atomic E-state index is 0.119. The number of aromatic hydroxyl groups is 1. The quantitative estimate of drug-likeness (QED) is 0.404. The lowest BCUT2D eigenvalue weighted by atomic mass is 10.1. The third-order valence-electron chi connectivity index (χ3n) is 6.21. The number of phenols is 1. The number of nitrogens with one attached hydrogen (secondary N) is 2. The summed E-state index contributed by atoms with van der Waals surface area (Å²) in [6.45, 7) is 7.40. The summed E-state index contributed by atoms with van der Waals surface area (Å²) in [7, 11) is 2.17. The normalized spacial score (nSPS) is 15.6. The van der Waals surface area contributed by atoms with Gasteiger partial charge in [0.05, 0.1) is 11.1 Å². The summed E-state index contributed by atoms with van der Waals surface area (Å²) in [5.41, 5.74) is 4.54. The van der Waals surface area contributed by atoms with Crippen LogP contribution >= 0.6 is 12.2 Å². The number of phenolic OH excluding ortho intramolecular Hbond substituents is 1. The Bertz CT molecular complexity index is 1300. The van der Waals surface area contributed by atoms with Gasteiger partial charge < -0.3 is 10.0 Å². The number of piperazine rings is 1. The number of H-pyrrole nitrogens is 2. The average Bonchev–Trinajstić information content (AvgIpc) is 3.38. The molecule has 0 bridgehead atoms. The van der Waals surface area contributed by atoms with Gasteiger partial charge in [0.15, 0.2) is 10.6 Å². The number of aromatic nitrogens is 5. The van der Waals surface area contributed by atoms with Gasteiger partial charge in [-0.25, -0.2) is 0 Å². The Morgan fingerprint density at radius 3 is 2.50 bits per heavy atom. The molecule has 0 aliphatic carbocycles. The fourth-order valence-electron chi connectivity index (χ4n) is 4.28. The summed E-state index contributed by atoms with van der Waals surface area (Å²) >= 11 is 5.53. The highest BCUT2D eigenvalue weighted by atomic mass is 32.1. The largest absolute Gasteiger partial charge is 0.507 e. The van der Waals surface area contributed by atoms with Crippen molar-refractivity contribution in [2.75, 3.05) is 33.2 Å². The first-order valence-electron chi connectivity index (χ1n) is 10.9. The summed E-state index contributed by atoms with van der Waals surface area (Å²) in [5.74, 6) is 0.693. The summed E-state index contributed by atoms with van der Waals surface area (Å²) in [6.07, 6.45) is 0.822. The van der Waals surface area contributed by atoms with Gasteiger partial charge in [0.1, 0.15) is 5.75 Å². The summed E-state index contributed by atoms with van der Waals surface area (Å²) in [4.78, 5) is 4.84. The van der Waals surface area contributed by atoms with Gasteiger partial charge in [0.25, 0.3) is 0 Å². The van der Waals surface area contributed by atoms with E-state index in [4.69, 9.17) is 12.2 Å². The third-order valence-corrected chi connectivity index (χ3v) is 6.49. The van der Waals surface area contributed by atoms with Gasteiger partial charge in [-0.3, -0.25) is 19.7 Å². The van der Waals surface area contributed by atoms with Gasteiger partial charge in [-0.2, -0.15) is 10.2 Å². The molecule has 166 valence electrons. The Balaban J connectivity index is 1.47. The molecule has 0 radical (unpaired) electrons. The Hall–Kier alpha value is -3.01. The molecule has 0 unspecified atom stereocenters. The second-order valence-corrected chi connectivity index (χ2v) is 8.76. The maximum atomic E-state index is 10.7. The van der Waals surface area contributed by atoms with Gasteiger partial charge in [-0.05, 0) is 49.4 Å². The molecular formula is C23H27N7OS. The van der Waals surface area contributed by atoms with E-state index in [1.165, 1.54) is 5.56 Å². The third kappa shape index (κ3) is 3.83. The molecule has 0 amide bonds. The molecule has 2 aromatic heterocycles. The maximum absolute atomic E-state index is 10.7. The minimum atomic E-state index is 0.119. The number of benzene rings is 2. The number of fused-ring (bicyclic) bond motifs is 1. The number of likely N-dealkylation sites (N-methyl/N-ethyl adjacent to an activating group) is 1. The molecule has 1 aliphatic rings. The van der Waals surface area contributed by atoms with Crippen LogP contribution in [0.2, 0.25) is 0 Å². The van der Waals surface area contributed by atoms with Crippen LogP contribution in [0.3, 0.4) is 0 Å². The topological polar surface area (TPSA) is 89.0 Å². The van der Waals surface area contributed by atoms with E-state index in [1.807, 2.05) is 10.6 Å². The zero-order chi connectivity index (χ0) is 22.2. The Morgan fingerprint density at radius 1 is 1.03 bits per heavy atom. The van der Waals surface area contributed by atoms with Crippen LogP contribution in [-0.4, -0.2) is 73.1 Å². The van der Waals surface area contributed by atoms with Crippen molar-refractivity contribution in [1.29, 1.82) is 0 Å². The molecule has 0 spiro atoms. The highest BCUT2D eigenvalue weighted by Gasteiger charge is 2.18. The molecule has 0 atom stereocenters. The molecule has 1 aliphatic heterocycles. The van der Waals surface area contributed by atoms with Gasteiger partial charge >= 0.3 is 0 Å². The Morgan fingerprint density at radius 2 is 1.78 bits per heavy atom. The summed E-state index contributed by atoms with van der Waals surface area (Å²) in [6, 6.07) is 12.0. The van der Waals surface area contributed by atoms with Gasteiger partial charge in [-0.15, -0.1) is 0 Å². The van der Waals surface area contributed by atoms with Crippen LogP contribution in [0.15, 0.2) is 36.4 Å².